The number of anilines is 1. The summed E-state index contributed by atoms with van der Waals surface area (Å²) in [6, 6.07) is 2.76. The number of urea groups is 1. The third-order valence-corrected chi connectivity index (χ3v) is 4.06. The smallest absolute Gasteiger partial charge is 0.394 e. The van der Waals surface area contributed by atoms with Gasteiger partial charge in [-0.05, 0) is 11.6 Å². The van der Waals surface area contributed by atoms with Gasteiger partial charge in [0.2, 0.25) is 0 Å². The van der Waals surface area contributed by atoms with Crippen molar-refractivity contribution in [2.45, 2.75) is 12.7 Å². The van der Waals surface area contributed by atoms with Crippen LogP contribution in [0.1, 0.15) is 5.56 Å². The van der Waals surface area contributed by atoms with Crippen LogP contribution in [0.15, 0.2) is 18.3 Å². The minimum atomic E-state index is -4.66. The van der Waals surface area contributed by atoms with Crippen molar-refractivity contribution in [2.75, 3.05) is 32.1 Å². The van der Waals surface area contributed by atoms with Gasteiger partial charge in [-0.3, -0.25) is 4.79 Å². The maximum atomic E-state index is 12.9. The van der Waals surface area contributed by atoms with Gasteiger partial charge < -0.3 is 20.2 Å². The van der Waals surface area contributed by atoms with Gasteiger partial charge in [-0.2, -0.15) is 13.2 Å². The monoisotopic (exact) mass is 360 g/mol. The lowest BCUT2D eigenvalue weighted by atomic mass is 9.96. The highest BCUT2D eigenvalue weighted by Gasteiger charge is 2.53. The first-order valence-corrected chi connectivity index (χ1v) is 7.54. The van der Waals surface area contributed by atoms with Gasteiger partial charge in [0.1, 0.15) is 5.82 Å². The molecule has 1 aromatic heterocycles. The number of nitrogens with zero attached hydrogens (tertiary/aromatic N) is 3. The predicted molar refractivity (Wildman–Crippen MR) is 83.0 cm³/mol. The van der Waals surface area contributed by atoms with Crippen molar-refractivity contribution in [3.05, 3.63) is 23.9 Å². The summed E-state index contributed by atoms with van der Waals surface area (Å²) in [5.41, 5.74) is 0.681. The van der Waals surface area contributed by atoms with Crippen LogP contribution in [-0.4, -0.2) is 60.4 Å². The van der Waals surface area contributed by atoms with E-state index in [1.165, 1.54) is 0 Å². The number of halogens is 3. The summed E-state index contributed by atoms with van der Waals surface area (Å²) < 4.78 is 38.8. The van der Waals surface area contributed by atoms with Crippen LogP contribution >= 0.6 is 0 Å². The van der Waals surface area contributed by atoms with Crippen molar-refractivity contribution >= 4 is 17.8 Å². The van der Waals surface area contributed by atoms with E-state index in [9.17, 15) is 22.8 Å². The first-order chi connectivity index (χ1) is 11.6. The number of aliphatic carboxylic acids is 1. The molecule has 1 aromatic rings. The molecule has 0 radical (unpaired) electrons. The fraction of sp³-hybridized carbons (Fsp3) is 0.533. The zero-order chi connectivity index (χ0) is 18.8. The second-order valence-corrected chi connectivity index (χ2v) is 6.08. The fourth-order valence-electron chi connectivity index (χ4n) is 2.63. The molecule has 25 heavy (non-hydrogen) atoms. The van der Waals surface area contributed by atoms with Crippen molar-refractivity contribution in [1.82, 2.24) is 15.2 Å². The molecule has 1 saturated heterocycles. The average Bonchev–Trinajstić information content (AvgIpc) is 2.99. The Kier molecular flexibility index (Phi) is 5.39. The van der Waals surface area contributed by atoms with Gasteiger partial charge in [-0.1, -0.05) is 6.07 Å². The molecular weight excluding hydrogens is 341 g/mol. The highest BCUT2D eigenvalue weighted by molar-refractivity contribution is 5.77. The number of pyridine rings is 1. The van der Waals surface area contributed by atoms with Crippen LogP contribution in [-0.2, 0) is 11.3 Å². The maximum absolute atomic E-state index is 12.9. The van der Waals surface area contributed by atoms with Crippen LogP contribution in [0.25, 0.3) is 0 Å². The Morgan fingerprint density at radius 1 is 1.36 bits per heavy atom. The molecule has 2 amide bonds. The van der Waals surface area contributed by atoms with Crippen LogP contribution in [0.4, 0.5) is 23.8 Å². The number of amides is 2. The zero-order valence-electron chi connectivity index (χ0n) is 13.7. The number of carboxylic acids is 1. The van der Waals surface area contributed by atoms with Crippen molar-refractivity contribution < 1.29 is 27.9 Å². The van der Waals surface area contributed by atoms with E-state index in [2.05, 4.69) is 10.3 Å². The number of carbonyl (C=O) groups is 2. The molecule has 10 heteroatoms. The van der Waals surface area contributed by atoms with Crippen LogP contribution in [0, 0.1) is 11.8 Å². The first kappa shape index (κ1) is 18.8. The van der Waals surface area contributed by atoms with Crippen LogP contribution < -0.4 is 10.2 Å². The van der Waals surface area contributed by atoms with Gasteiger partial charge in [0.25, 0.3) is 0 Å². The Morgan fingerprint density at radius 3 is 2.48 bits per heavy atom. The number of nitrogens with one attached hydrogen (secondary N) is 1. The highest BCUT2D eigenvalue weighted by atomic mass is 19.4. The van der Waals surface area contributed by atoms with Gasteiger partial charge in [0.05, 0.1) is 11.8 Å². The summed E-state index contributed by atoms with van der Waals surface area (Å²) in [6.45, 7) is -1.04. The molecule has 7 nitrogen and oxygen atoms in total. The maximum Gasteiger partial charge on any atom is 0.394 e. The summed E-state index contributed by atoms with van der Waals surface area (Å²) in [7, 11) is 3.65. The van der Waals surface area contributed by atoms with Crippen molar-refractivity contribution in [2.24, 2.45) is 11.8 Å². The van der Waals surface area contributed by atoms with Crippen LogP contribution in [0.3, 0.4) is 0 Å². The molecule has 1 aliphatic heterocycles. The van der Waals surface area contributed by atoms with Gasteiger partial charge >= 0.3 is 18.2 Å². The Morgan fingerprint density at radius 2 is 2.04 bits per heavy atom. The van der Waals surface area contributed by atoms with E-state index in [1.807, 2.05) is 14.1 Å². The average molecular weight is 360 g/mol. The lowest BCUT2D eigenvalue weighted by molar-refractivity contribution is -0.187. The molecule has 0 aliphatic carbocycles. The Bertz CT molecular complexity index is 634. The Balaban J connectivity index is 1.96. The summed E-state index contributed by atoms with van der Waals surface area (Å²) >= 11 is 0. The lowest BCUT2D eigenvalue weighted by Gasteiger charge is -2.19. The second-order valence-electron chi connectivity index (χ2n) is 6.08. The standard InChI is InChI=1S/C15H19F3N4O3/c1-21(2)12-4-3-9(5-19-12)6-20-14(25)22-7-10(13(23)24)11(8-22)15(16,17)18/h3-5,10-11H,6-8H2,1-2H3,(H,20,25)(H,23,24)/t10-,11-/m1/s1. The van der Waals surface area contributed by atoms with Gasteiger partial charge in [0, 0.05) is 39.9 Å². The second kappa shape index (κ2) is 7.16. The number of likely N-dealkylation sites (tertiary alicyclic amines) is 1. The molecule has 2 heterocycles. The SMILES string of the molecule is CN(C)c1ccc(CNC(=O)N2C[C@@H](C(F)(F)F)[C@H](C(=O)O)C2)cn1. The van der Waals surface area contributed by atoms with Crippen molar-refractivity contribution in [1.29, 1.82) is 0 Å². The van der Waals surface area contributed by atoms with E-state index in [0.29, 0.717) is 5.56 Å². The Hall–Kier alpha value is -2.52. The van der Waals surface area contributed by atoms with Gasteiger partial charge in [0.15, 0.2) is 0 Å². The lowest BCUT2D eigenvalue weighted by Crippen LogP contribution is -2.39. The molecule has 2 rings (SSSR count). The van der Waals surface area contributed by atoms with Gasteiger partial charge in [-0.15, -0.1) is 0 Å². The van der Waals surface area contributed by atoms with Crippen LogP contribution in [0.5, 0.6) is 0 Å². The van der Waals surface area contributed by atoms with Crippen LogP contribution in [0.2, 0.25) is 0 Å². The molecule has 2 atom stereocenters. The number of carbonyl (C=O) groups excluding carboxylic acids is 1. The summed E-state index contributed by atoms with van der Waals surface area (Å²) in [6.07, 6.45) is -3.11. The third kappa shape index (κ3) is 4.52. The number of aromatic nitrogens is 1. The number of hydrogen-bond donors (Lipinski definition) is 2. The molecule has 1 aliphatic rings. The van der Waals surface area contributed by atoms with E-state index in [-0.39, 0.29) is 6.54 Å². The largest absolute Gasteiger partial charge is 0.481 e. The molecule has 1 fully saturated rings. The van der Waals surface area contributed by atoms with E-state index >= 15 is 0 Å². The number of alkyl halides is 3. The summed E-state index contributed by atoms with van der Waals surface area (Å²) in [5, 5.41) is 11.4. The quantitative estimate of drug-likeness (QED) is 0.851. The van der Waals surface area contributed by atoms with Crippen molar-refractivity contribution in [3.63, 3.8) is 0 Å². The fourth-order valence-corrected chi connectivity index (χ4v) is 2.63. The van der Waals surface area contributed by atoms with E-state index in [4.69, 9.17) is 5.11 Å². The summed E-state index contributed by atoms with van der Waals surface area (Å²) in [4.78, 5) is 29.9. The van der Waals surface area contributed by atoms with Crippen molar-refractivity contribution in [3.8, 4) is 0 Å². The molecule has 138 valence electrons. The number of hydrogen-bond acceptors (Lipinski definition) is 4. The molecule has 0 unspecified atom stereocenters. The molecule has 0 saturated carbocycles. The molecule has 0 aromatic carbocycles. The number of carboxylic acid groups (broad SMARTS) is 1. The van der Waals surface area contributed by atoms with E-state index in [1.54, 1.807) is 23.2 Å². The minimum Gasteiger partial charge on any atom is -0.481 e. The van der Waals surface area contributed by atoms with E-state index in [0.717, 1.165) is 10.7 Å². The topological polar surface area (TPSA) is 85.8 Å². The molecular formula is C15H19F3N4O3. The molecule has 2 N–H and O–H groups in total. The Labute approximate surface area is 142 Å². The number of rotatable bonds is 4. The first-order valence-electron chi connectivity index (χ1n) is 7.54. The zero-order valence-corrected chi connectivity index (χ0v) is 13.7. The van der Waals surface area contributed by atoms with E-state index < -0.39 is 43.1 Å². The normalized spacial score (nSPS) is 20.4. The van der Waals surface area contributed by atoms with Gasteiger partial charge in [-0.25, -0.2) is 9.78 Å². The minimum absolute atomic E-state index is 0.0878. The highest BCUT2D eigenvalue weighted by Crippen LogP contribution is 2.37. The molecule has 0 spiro atoms. The third-order valence-electron chi connectivity index (χ3n) is 4.06. The summed E-state index contributed by atoms with van der Waals surface area (Å²) in [5.74, 6) is -4.53. The molecule has 0 bridgehead atoms. The predicted octanol–water partition coefficient (Wildman–Crippen LogP) is 1.55.